The third kappa shape index (κ3) is 3.90. The highest BCUT2D eigenvalue weighted by Crippen LogP contribution is 2.33. The van der Waals surface area contributed by atoms with Crippen LogP contribution in [0.4, 0.5) is 4.79 Å². The lowest BCUT2D eigenvalue weighted by molar-refractivity contribution is 0.130. The van der Waals surface area contributed by atoms with Gasteiger partial charge in [0.1, 0.15) is 17.9 Å². The lowest BCUT2D eigenvalue weighted by Crippen LogP contribution is -2.41. The second-order valence-electron chi connectivity index (χ2n) is 6.79. The molecule has 1 N–H and O–H groups in total. The molecule has 1 amide bonds. The summed E-state index contributed by atoms with van der Waals surface area (Å²) in [5.74, 6) is 1.02. The number of halogens is 1. The van der Waals surface area contributed by atoms with Crippen LogP contribution < -0.4 is 5.32 Å². The molecule has 1 fully saturated rings. The molecule has 6 nitrogen and oxygen atoms in total. The van der Waals surface area contributed by atoms with Gasteiger partial charge in [-0.2, -0.15) is 0 Å². The Morgan fingerprint density at radius 1 is 1.22 bits per heavy atom. The highest BCUT2D eigenvalue weighted by atomic mass is 35.5. The lowest BCUT2D eigenvalue weighted by Gasteiger charge is -2.31. The van der Waals surface area contributed by atoms with Crippen molar-refractivity contribution in [3.63, 3.8) is 0 Å². The van der Waals surface area contributed by atoms with Crippen LogP contribution in [0.3, 0.4) is 0 Å². The molecule has 1 aliphatic carbocycles. The number of hydrogen-bond acceptors (Lipinski definition) is 4. The van der Waals surface area contributed by atoms with E-state index in [4.69, 9.17) is 16.3 Å². The van der Waals surface area contributed by atoms with E-state index in [1.165, 1.54) is 0 Å². The minimum Gasteiger partial charge on any atom is -0.445 e. The van der Waals surface area contributed by atoms with E-state index in [9.17, 15) is 4.79 Å². The van der Waals surface area contributed by atoms with Gasteiger partial charge in [-0.3, -0.25) is 4.40 Å². The molecule has 140 valence electrons. The van der Waals surface area contributed by atoms with Gasteiger partial charge < -0.3 is 10.1 Å². The maximum absolute atomic E-state index is 12.3. The summed E-state index contributed by atoms with van der Waals surface area (Å²) in [5.41, 5.74) is 1.75. The fraction of sp³-hybridized carbons (Fsp3) is 0.350. The standard InChI is InChI=1S/C20H21ClN4O2/c21-18-17-12-23-19(25(17)11-10-22-18)15-8-4-5-9-16(15)24-20(26)27-13-14-6-2-1-3-7-14/h1-3,6-7,10-12,15-16H,4-5,8-9,13H2,(H,24,26). The largest absolute Gasteiger partial charge is 0.445 e. The Labute approximate surface area is 162 Å². The normalized spacial score (nSPS) is 19.7. The number of rotatable bonds is 4. The van der Waals surface area contributed by atoms with E-state index in [2.05, 4.69) is 15.3 Å². The molecule has 7 heteroatoms. The SMILES string of the molecule is O=C(NC1CCCCC1c1ncc2c(Cl)nccn12)OCc1ccccc1. The molecule has 1 aromatic carbocycles. The molecule has 2 heterocycles. The molecule has 0 radical (unpaired) electrons. The Kier molecular flexibility index (Phi) is 5.25. The first-order valence-corrected chi connectivity index (χ1v) is 9.55. The van der Waals surface area contributed by atoms with Gasteiger partial charge in [0.05, 0.1) is 6.20 Å². The van der Waals surface area contributed by atoms with Crippen molar-refractivity contribution in [3.05, 3.63) is 65.5 Å². The predicted octanol–water partition coefficient (Wildman–Crippen LogP) is 4.34. The van der Waals surface area contributed by atoms with Crippen molar-refractivity contribution >= 4 is 23.2 Å². The molecule has 0 aliphatic heterocycles. The van der Waals surface area contributed by atoms with Crippen LogP contribution in [0.1, 0.15) is 43.0 Å². The summed E-state index contributed by atoms with van der Waals surface area (Å²) in [5, 5.41) is 3.47. The van der Waals surface area contributed by atoms with Crippen molar-refractivity contribution in [3.8, 4) is 0 Å². The first-order chi connectivity index (χ1) is 13.2. The third-order valence-corrected chi connectivity index (χ3v) is 5.35. The predicted molar refractivity (Wildman–Crippen MR) is 103 cm³/mol. The van der Waals surface area contributed by atoms with Gasteiger partial charge in [0.15, 0.2) is 5.15 Å². The Morgan fingerprint density at radius 2 is 2.04 bits per heavy atom. The zero-order valence-electron chi connectivity index (χ0n) is 14.8. The monoisotopic (exact) mass is 384 g/mol. The van der Waals surface area contributed by atoms with Gasteiger partial charge in [-0.25, -0.2) is 14.8 Å². The number of hydrogen-bond donors (Lipinski definition) is 1. The number of fused-ring (bicyclic) bond motifs is 1. The van der Waals surface area contributed by atoms with Gasteiger partial charge in [0.25, 0.3) is 0 Å². The van der Waals surface area contributed by atoms with E-state index in [-0.39, 0.29) is 18.6 Å². The van der Waals surface area contributed by atoms with E-state index in [0.717, 1.165) is 42.6 Å². The number of nitrogens with one attached hydrogen (secondary N) is 1. The second kappa shape index (κ2) is 7.96. The topological polar surface area (TPSA) is 68.5 Å². The van der Waals surface area contributed by atoms with Crippen molar-refractivity contribution in [2.45, 2.75) is 44.2 Å². The van der Waals surface area contributed by atoms with Crippen LogP contribution in [-0.2, 0) is 11.3 Å². The third-order valence-electron chi connectivity index (χ3n) is 5.05. The molecule has 2 unspecified atom stereocenters. The number of benzene rings is 1. The molecule has 2 atom stereocenters. The lowest BCUT2D eigenvalue weighted by atomic mass is 9.84. The Bertz CT molecular complexity index is 928. The van der Waals surface area contributed by atoms with Crippen molar-refractivity contribution in [2.24, 2.45) is 0 Å². The van der Waals surface area contributed by atoms with Crippen molar-refractivity contribution in [2.75, 3.05) is 0 Å². The molecule has 0 spiro atoms. The van der Waals surface area contributed by atoms with Gasteiger partial charge in [0, 0.05) is 24.4 Å². The number of aromatic nitrogens is 3. The minimum absolute atomic E-state index is 0.0143. The van der Waals surface area contributed by atoms with Gasteiger partial charge in [-0.15, -0.1) is 0 Å². The molecular weight excluding hydrogens is 364 g/mol. The molecule has 1 saturated carbocycles. The molecule has 1 aliphatic rings. The van der Waals surface area contributed by atoms with Gasteiger partial charge >= 0.3 is 6.09 Å². The zero-order valence-corrected chi connectivity index (χ0v) is 15.6. The average molecular weight is 385 g/mol. The quantitative estimate of drug-likeness (QED) is 0.726. The molecule has 0 bridgehead atoms. The number of amides is 1. The summed E-state index contributed by atoms with van der Waals surface area (Å²) in [6.45, 7) is 0.262. The van der Waals surface area contributed by atoms with Crippen LogP contribution >= 0.6 is 11.6 Å². The maximum Gasteiger partial charge on any atom is 0.407 e. The van der Waals surface area contributed by atoms with Crippen LogP contribution in [0, 0.1) is 0 Å². The number of carbonyl (C=O) groups excluding carboxylic acids is 1. The van der Waals surface area contributed by atoms with Gasteiger partial charge in [-0.05, 0) is 18.4 Å². The first kappa shape index (κ1) is 17.8. The second-order valence-corrected chi connectivity index (χ2v) is 7.15. The Hall–Kier alpha value is -2.60. The number of carbonyl (C=O) groups is 1. The molecule has 0 saturated heterocycles. The van der Waals surface area contributed by atoms with Crippen LogP contribution in [-0.4, -0.2) is 26.5 Å². The summed E-state index contributed by atoms with van der Waals surface area (Å²) in [6, 6.07) is 9.65. The maximum atomic E-state index is 12.3. The van der Waals surface area contributed by atoms with Gasteiger partial charge in [-0.1, -0.05) is 54.8 Å². The number of imidazole rings is 1. The fourth-order valence-electron chi connectivity index (χ4n) is 3.72. The summed E-state index contributed by atoms with van der Waals surface area (Å²) in [4.78, 5) is 21.0. The van der Waals surface area contributed by atoms with Gasteiger partial charge in [0.2, 0.25) is 0 Å². The summed E-state index contributed by atoms with van der Waals surface area (Å²) in [6.07, 6.45) is 8.92. The fourth-order valence-corrected chi connectivity index (χ4v) is 3.92. The number of nitrogens with zero attached hydrogens (tertiary/aromatic N) is 3. The summed E-state index contributed by atoms with van der Waals surface area (Å²) < 4.78 is 7.36. The van der Waals surface area contributed by atoms with E-state index in [0.29, 0.717) is 5.15 Å². The zero-order chi connectivity index (χ0) is 18.6. The Balaban J connectivity index is 1.47. The van der Waals surface area contributed by atoms with E-state index in [1.807, 2.05) is 40.9 Å². The van der Waals surface area contributed by atoms with E-state index in [1.54, 1.807) is 12.4 Å². The van der Waals surface area contributed by atoms with Crippen LogP contribution in [0.2, 0.25) is 5.15 Å². The van der Waals surface area contributed by atoms with Crippen LogP contribution in [0.5, 0.6) is 0 Å². The van der Waals surface area contributed by atoms with E-state index >= 15 is 0 Å². The molecule has 2 aromatic heterocycles. The molecule has 4 rings (SSSR count). The first-order valence-electron chi connectivity index (χ1n) is 9.17. The smallest absolute Gasteiger partial charge is 0.407 e. The molecular formula is C20H21ClN4O2. The highest BCUT2D eigenvalue weighted by molar-refractivity contribution is 6.32. The number of ether oxygens (including phenoxy) is 1. The van der Waals surface area contributed by atoms with Crippen molar-refractivity contribution < 1.29 is 9.53 Å². The van der Waals surface area contributed by atoms with E-state index < -0.39 is 6.09 Å². The Morgan fingerprint density at radius 3 is 2.89 bits per heavy atom. The van der Waals surface area contributed by atoms with Crippen LogP contribution in [0.25, 0.3) is 5.52 Å². The minimum atomic E-state index is -0.392. The van der Waals surface area contributed by atoms with Crippen molar-refractivity contribution in [1.82, 2.24) is 19.7 Å². The highest BCUT2D eigenvalue weighted by Gasteiger charge is 2.31. The summed E-state index contributed by atoms with van der Waals surface area (Å²) in [7, 11) is 0. The average Bonchev–Trinajstić information content (AvgIpc) is 3.13. The van der Waals surface area contributed by atoms with Crippen LogP contribution in [0.15, 0.2) is 48.9 Å². The van der Waals surface area contributed by atoms with Crippen molar-refractivity contribution in [1.29, 1.82) is 0 Å². The summed E-state index contributed by atoms with van der Waals surface area (Å²) >= 11 is 6.17. The number of alkyl carbamates (subject to hydrolysis) is 1. The molecule has 3 aromatic rings. The molecule has 27 heavy (non-hydrogen) atoms.